The van der Waals surface area contributed by atoms with Gasteiger partial charge in [-0.3, -0.25) is 4.79 Å². The number of ether oxygens (including phenoxy) is 2. The lowest BCUT2D eigenvalue weighted by atomic mass is 10.1. The highest BCUT2D eigenvalue weighted by atomic mass is 32.2. The fraction of sp³-hybridized carbons (Fsp3) is 0.409. The Morgan fingerprint density at radius 3 is 2.23 bits per heavy atom. The van der Waals surface area contributed by atoms with Crippen LogP contribution in [0.15, 0.2) is 41.3 Å². The quantitative estimate of drug-likeness (QED) is 0.750. The van der Waals surface area contributed by atoms with Gasteiger partial charge < -0.3 is 14.8 Å². The van der Waals surface area contributed by atoms with E-state index in [9.17, 15) is 13.2 Å². The van der Waals surface area contributed by atoms with E-state index >= 15 is 0 Å². The van der Waals surface area contributed by atoms with Gasteiger partial charge in [0.15, 0.2) is 11.5 Å². The van der Waals surface area contributed by atoms with Gasteiger partial charge in [0.1, 0.15) is 0 Å². The van der Waals surface area contributed by atoms with Crippen LogP contribution in [0.1, 0.15) is 41.6 Å². The number of carbonyl (C=O) groups excluding carboxylic acids is 1. The molecule has 0 saturated carbocycles. The van der Waals surface area contributed by atoms with E-state index in [4.69, 9.17) is 9.47 Å². The molecule has 0 radical (unpaired) electrons. The first-order chi connectivity index (χ1) is 14.4. The summed E-state index contributed by atoms with van der Waals surface area (Å²) in [6.07, 6.45) is 3.80. The van der Waals surface area contributed by atoms with Gasteiger partial charge in [0.05, 0.1) is 19.1 Å². The number of amides is 1. The SMILES string of the molecule is COc1cc(C)c(NC(=O)c2cccc(S(=O)(=O)N3CCCCCC3)c2)cc1OC. The van der Waals surface area contributed by atoms with Gasteiger partial charge in [-0.05, 0) is 49.6 Å². The number of carbonyl (C=O) groups is 1. The van der Waals surface area contributed by atoms with Crippen LogP contribution in [0.4, 0.5) is 5.69 Å². The van der Waals surface area contributed by atoms with E-state index in [0.717, 1.165) is 31.2 Å². The molecular weight excluding hydrogens is 404 g/mol. The molecule has 3 rings (SSSR count). The Kier molecular flexibility index (Phi) is 6.99. The summed E-state index contributed by atoms with van der Waals surface area (Å²) in [5, 5.41) is 2.84. The van der Waals surface area contributed by atoms with Gasteiger partial charge in [-0.1, -0.05) is 18.9 Å². The van der Waals surface area contributed by atoms with Gasteiger partial charge >= 0.3 is 0 Å². The van der Waals surface area contributed by atoms with Gasteiger partial charge in [0, 0.05) is 30.4 Å². The Morgan fingerprint density at radius 2 is 1.60 bits per heavy atom. The van der Waals surface area contributed by atoms with Crippen LogP contribution < -0.4 is 14.8 Å². The Balaban J connectivity index is 1.85. The third-order valence-electron chi connectivity index (χ3n) is 5.28. The maximum absolute atomic E-state index is 13.0. The summed E-state index contributed by atoms with van der Waals surface area (Å²) < 4.78 is 38.2. The number of aryl methyl sites for hydroxylation is 1. The molecule has 1 aliphatic rings. The molecule has 0 bridgehead atoms. The summed E-state index contributed by atoms with van der Waals surface area (Å²) in [6, 6.07) is 9.64. The van der Waals surface area contributed by atoms with Gasteiger partial charge in [-0.25, -0.2) is 8.42 Å². The molecule has 8 heteroatoms. The largest absolute Gasteiger partial charge is 0.493 e. The summed E-state index contributed by atoms with van der Waals surface area (Å²) in [7, 11) is -0.554. The number of methoxy groups -OCH3 is 2. The van der Waals surface area contributed by atoms with Crippen LogP contribution in [0.5, 0.6) is 11.5 Å². The molecule has 162 valence electrons. The van der Waals surface area contributed by atoms with Crippen molar-refractivity contribution in [1.29, 1.82) is 0 Å². The van der Waals surface area contributed by atoms with Crippen molar-refractivity contribution < 1.29 is 22.7 Å². The number of sulfonamides is 1. The van der Waals surface area contributed by atoms with Crippen LogP contribution in [-0.2, 0) is 10.0 Å². The van der Waals surface area contributed by atoms with E-state index in [-0.39, 0.29) is 10.5 Å². The highest BCUT2D eigenvalue weighted by Gasteiger charge is 2.26. The number of anilines is 1. The molecule has 0 spiro atoms. The van der Waals surface area contributed by atoms with E-state index in [2.05, 4.69) is 5.32 Å². The highest BCUT2D eigenvalue weighted by Crippen LogP contribution is 2.33. The van der Waals surface area contributed by atoms with Crippen LogP contribution in [-0.4, -0.2) is 45.9 Å². The summed E-state index contributed by atoms with van der Waals surface area (Å²) in [6.45, 7) is 2.88. The second-order valence-electron chi connectivity index (χ2n) is 7.32. The molecule has 0 atom stereocenters. The molecule has 1 N–H and O–H groups in total. The van der Waals surface area contributed by atoms with Gasteiger partial charge in [0.25, 0.3) is 5.91 Å². The smallest absolute Gasteiger partial charge is 0.255 e. The zero-order valence-electron chi connectivity index (χ0n) is 17.6. The van der Waals surface area contributed by atoms with E-state index in [0.29, 0.717) is 30.3 Å². The van der Waals surface area contributed by atoms with E-state index < -0.39 is 15.9 Å². The zero-order valence-corrected chi connectivity index (χ0v) is 18.4. The fourth-order valence-corrected chi connectivity index (χ4v) is 5.10. The number of hydrogen-bond donors (Lipinski definition) is 1. The van der Waals surface area contributed by atoms with Crippen molar-refractivity contribution in [3.05, 3.63) is 47.5 Å². The van der Waals surface area contributed by atoms with Crippen LogP contribution >= 0.6 is 0 Å². The molecule has 1 aliphatic heterocycles. The lowest BCUT2D eigenvalue weighted by Gasteiger charge is -2.20. The van der Waals surface area contributed by atoms with E-state index in [1.165, 1.54) is 17.5 Å². The highest BCUT2D eigenvalue weighted by molar-refractivity contribution is 7.89. The Labute approximate surface area is 178 Å². The Bertz CT molecular complexity index is 1010. The number of nitrogens with one attached hydrogen (secondary N) is 1. The van der Waals surface area contributed by atoms with E-state index in [1.807, 2.05) is 6.92 Å². The summed E-state index contributed by atoms with van der Waals surface area (Å²) in [5.41, 5.74) is 1.65. The maximum Gasteiger partial charge on any atom is 0.255 e. The molecule has 0 aliphatic carbocycles. The molecule has 2 aromatic rings. The first-order valence-electron chi connectivity index (χ1n) is 10.0. The van der Waals surface area contributed by atoms with Crippen molar-refractivity contribution in [1.82, 2.24) is 4.31 Å². The van der Waals surface area contributed by atoms with Crippen molar-refractivity contribution in [3.8, 4) is 11.5 Å². The van der Waals surface area contributed by atoms with Crippen LogP contribution in [0.2, 0.25) is 0 Å². The predicted molar refractivity (Wildman–Crippen MR) is 116 cm³/mol. The second kappa shape index (κ2) is 9.49. The molecule has 7 nitrogen and oxygen atoms in total. The molecule has 0 aromatic heterocycles. The standard InChI is InChI=1S/C22H28N2O5S/c1-16-13-20(28-2)21(29-3)15-19(16)23-22(25)17-9-8-10-18(14-17)30(26,27)24-11-6-4-5-7-12-24/h8-10,13-15H,4-7,11-12H2,1-3H3,(H,23,25). The summed E-state index contributed by atoms with van der Waals surface area (Å²) >= 11 is 0. The number of hydrogen-bond acceptors (Lipinski definition) is 5. The number of nitrogens with zero attached hydrogens (tertiary/aromatic N) is 1. The van der Waals surface area contributed by atoms with Crippen molar-refractivity contribution >= 4 is 21.6 Å². The molecule has 30 heavy (non-hydrogen) atoms. The normalized spacial score (nSPS) is 15.3. The molecule has 2 aromatic carbocycles. The minimum Gasteiger partial charge on any atom is -0.493 e. The van der Waals surface area contributed by atoms with Crippen LogP contribution in [0.3, 0.4) is 0 Å². The zero-order chi connectivity index (χ0) is 21.7. The van der Waals surface area contributed by atoms with Crippen molar-refractivity contribution in [3.63, 3.8) is 0 Å². The lowest BCUT2D eigenvalue weighted by molar-refractivity contribution is 0.102. The third kappa shape index (κ3) is 4.76. The van der Waals surface area contributed by atoms with Crippen LogP contribution in [0, 0.1) is 6.92 Å². The lowest BCUT2D eigenvalue weighted by Crippen LogP contribution is -2.32. The number of rotatable bonds is 6. The maximum atomic E-state index is 13.0. The molecule has 1 amide bonds. The summed E-state index contributed by atoms with van der Waals surface area (Å²) in [5.74, 6) is 0.674. The minimum atomic E-state index is -3.63. The van der Waals surface area contributed by atoms with Crippen molar-refractivity contribution in [2.75, 3.05) is 32.6 Å². The second-order valence-corrected chi connectivity index (χ2v) is 9.26. The first kappa shape index (κ1) is 22.1. The fourth-order valence-electron chi connectivity index (χ4n) is 3.54. The Morgan fingerprint density at radius 1 is 0.967 bits per heavy atom. The average molecular weight is 433 g/mol. The van der Waals surface area contributed by atoms with Crippen LogP contribution in [0.25, 0.3) is 0 Å². The number of benzene rings is 2. The topological polar surface area (TPSA) is 84.9 Å². The third-order valence-corrected chi connectivity index (χ3v) is 7.17. The van der Waals surface area contributed by atoms with Gasteiger partial charge in [-0.15, -0.1) is 0 Å². The van der Waals surface area contributed by atoms with Gasteiger partial charge in [0.2, 0.25) is 10.0 Å². The van der Waals surface area contributed by atoms with Crippen molar-refractivity contribution in [2.24, 2.45) is 0 Å². The van der Waals surface area contributed by atoms with Crippen molar-refractivity contribution in [2.45, 2.75) is 37.5 Å². The molecular formula is C22H28N2O5S. The predicted octanol–water partition coefficient (Wildman–Crippen LogP) is 3.83. The molecule has 0 unspecified atom stereocenters. The monoisotopic (exact) mass is 432 g/mol. The summed E-state index contributed by atoms with van der Waals surface area (Å²) in [4.78, 5) is 13.0. The molecule has 1 heterocycles. The average Bonchev–Trinajstić information content (AvgIpc) is 3.05. The minimum absolute atomic E-state index is 0.140. The molecule has 1 saturated heterocycles. The Hall–Kier alpha value is -2.58. The first-order valence-corrected chi connectivity index (χ1v) is 11.4. The van der Waals surface area contributed by atoms with E-state index in [1.54, 1.807) is 37.4 Å². The molecule has 1 fully saturated rings. The van der Waals surface area contributed by atoms with Gasteiger partial charge in [-0.2, -0.15) is 4.31 Å².